The Morgan fingerprint density at radius 1 is 0.464 bits per heavy atom. The number of allylic oxidation sites excluding steroid dienone is 3. The summed E-state index contributed by atoms with van der Waals surface area (Å²) in [5.41, 5.74) is 18.2. The molecule has 10 heteroatoms. The maximum atomic E-state index is 13.3. The van der Waals surface area contributed by atoms with Gasteiger partial charge in [0.15, 0.2) is 11.6 Å². The minimum Gasteiger partial charge on any atom is -0.465 e. The van der Waals surface area contributed by atoms with Crippen LogP contribution in [0.5, 0.6) is 0 Å². The number of aromatic nitrogens is 4. The Labute approximate surface area is 398 Å². The van der Waals surface area contributed by atoms with Crippen molar-refractivity contribution < 1.29 is 28.7 Å². The van der Waals surface area contributed by atoms with Crippen LogP contribution in [0.2, 0.25) is 0 Å². The molecule has 0 saturated heterocycles. The standard InChI is InChI=1S/C59H46N4O6/c1-35-5-11-38(12-6-35)55-45-22-24-47(60-45)56(39-13-7-36(2)8-14-39)49-26-28-51(62-49)58(52-29-27-50(63-52)57(48-25-23-46(55)61-48)40-15-9-37(3)10-16-40)41-17-19-42(20-18-41)59(67)69-32-4-31-68-54(66)34-43-33-44(64)21-30-53(43)65/h5-30,33,60,63H,4,31-32,34H2,1-3H3. The van der Waals surface area contributed by atoms with Gasteiger partial charge >= 0.3 is 11.9 Å². The Bertz CT molecular complexity index is 3470. The normalized spacial score (nSPS) is 12.9. The first-order chi connectivity index (χ1) is 33.5. The minimum atomic E-state index is -0.642. The van der Waals surface area contributed by atoms with Crippen molar-refractivity contribution in [3.8, 4) is 44.5 Å². The van der Waals surface area contributed by atoms with E-state index < -0.39 is 17.7 Å². The highest BCUT2D eigenvalue weighted by Gasteiger charge is 2.21. The molecule has 338 valence electrons. The maximum absolute atomic E-state index is 13.3. The van der Waals surface area contributed by atoms with E-state index in [4.69, 9.17) is 19.4 Å². The van der Waals surface area contributed by atoms with Gasteiger partial charge in [-0.25, -0.2) is 14.8 Å². The second-order valence-electron chi connectivity index (χ2n) is 17.3. The fraction of sp³-hybridized carbons (Fsp3) is 0.119. The summed E-state index contributed by atoms with van der Waals surface area (Å²) in [5.74, 6) is -1.92. The van der Waals surface area contributed by atoms with Crippen LogP contribution in [0.1, 0.15) is 62.7 Å². The lowest BCUT2D eigenvalue weighted by Crippen LogP contribution is -2.15. The maximum Gasteiger partial charge on any atom is 0.338 e. The molecule has 7 aromatic rings. The van der Waals surface area contributed by atoms with E-state index in [0.717, 1.165) is 119 Å². The fourth-order valence-corrected chi connectivity index (χ4v) is 8.75. The van der Waals surface area contributed by atoms with Gasteiger partial charge in [-0.15, -0.1) is 0 Å². The van der Waals surface area contributed by atoms with Crippen molar-refractivity contribution in [1.29, 1.82) is 0 Å². The lowest BCUT2D eigenvalue weighted by atomic mass is 10.0. The molecule has 0 spiro atoms. The van der Waals surface area contributed by atoms with Gasteiger partial charge in [0.2, 0.25) is 0 Å². The van der Waals surface area contributed by atoms with E-state index in [2.05, 4.69) is 146 Å². The second-order valence-corrected chi connectivity index (χ2v) is 17.3. The monoisotopic (exact) mass is 906 g/mol. The predicted octanol–water partition coefficient (Wildman–Crippen LogP) is 12.4. The zero-order valence-corrected chi connectivity index (χ0v) is 38.3. The lowest BCUT2D eigenvalue weighted by molar-refractivity contribution is -0.143. The second kappa shape index (κ2) is 18.9. The average molecular weight is 907 g/mol. The van der Waals surface area contributed by atoms with E-state index in [1.807, 2.05) is 18.2 Å². The van der Waals surface area contributed by atoms with Gasteiger partial charge in [-0.2, -0.15) is 0 Å². The van der Waals surface area contributed by atoms with Crippen LogP contribution in [0.15, 0.2) is 145 Å². The van der Waals surface area contributed by atoms with Gasteiger partial charge in [0.1, 0.15) is 0 Å². The molecule has 69 heavy (non-hydrogen) atoms. The van der Waals surface area contributed by atoms with E-state index in [-0.39, 0.29) is 37.4 Å². The predicted molar refractivity (Wildman–Crippen MR) is 273 cm³/mol. The number of benzene rings is 4. The van der Waals surface area contributed by atoms with Gasteiger partial charge in [0, 0.05) is 56.3 Å². The number of nitrogens with one attached hydrogen (secondary N) is 2. The molecule has 0 fully saturated rings. The quantitative estimate of drug-likeness (QED) is 0.0741. The topological polar surface area (TPSA) is 144 Å². The number of nitrogens with zero attached hydrogens (tertiary/aromatic N) is 2. The third-order valence-corrected chi connectivity index (χ3v) is 12.3. The van der Waals surface area contributed by atoms with Gasteiger partial charge in [-0.3, -0.25) is 14.4 Å². The van der Waals surface area contributed by atoms with Crippen LogP contribution < -0.4 is 0 Å². The molecule has 3 aromatic heterocycles. The van der Waals surface area contributed by atoms with E-state index in [1.54, 1.807) is 12.1 Å². The first-order valence-electron chi connectivity index (χ1n) is 22.8. The SMILES string of the molecule is Cc1ccc(-c2c3nc(c(-c4ccc(C)cc4)c4ccc([nH]4)c(-c4ccc(C(=O)OCCCOC(=O)CC5=CC(=O)C=CC5=O)cc4)c4nc(c(-c5ccc(C)cc5)c5ccc2[nH]5)C=C4)C=C3)cc1. The summed E-state index contributed by atoms with van der Waals surface area (Å²) >= 11 is 0. The first kappa shape index (κ1) is 44.1. The molecular weight excluding hydrogens is 861 g/mol. The number of hydrogen-bond acceptors (Lipinski definition) is 8. The summed E-state index contributed by atoms with van der Waals surface area (Å²) < 4.78 is 10.8. The molecule has 0 atom stereocenters. The van der Waals surface area contributed by atoms with Crippen LogP contribution in [0.4, 0.5) is 0 Å². The van der Waals surface area contributed by atoms with Crippen molar-refractivity contribution in [2.45, 2.75) is 33.6 Å². The molecule has 2 aliphatic heterocycles. The molecule has 8 bridgehead atoms. The molecular formula is C59H46N4O6. The number of aromatic amines is 2. The third-order valence-electron chi connectivity index (χ3n) is 12.3. The summed E-state index contributed by atoms with van der Waals surface area (Å²) in [6, 6.07) is 41.2. The van der Waals surface area contributed by atoms with Gasteiger partial charge < -0.3 is 19.4 Å². The Morgan fingerprint density at radius 2 is 0.841 bits per heavy atom. The molecule has 0 radical (unpaired) electrons. The van der Waals surface area contributed by atoms with Crippen molar-refractivity contribution in [1.82, 2.24) is 19.9 Å². The van der Waals surface area contributed by atoms with Crippen molar-refractivity contribution in [3.05, 3.63) is 190 Å². The fourth-order valence-electron chi connectivity index (χ4n) is 8.75. The van der Waals surface area contributed by atoms with Crippen LogP contribution in [0.3, 0.4) is 0 Å². The molecule has 4 aromatic carbocycles. The summed E-state index contributed by atoms with van der Waals surface area (Å²) in [6.45, 7) is 6.24. The minimum absolute atomic E-state index is 0.00647. The molecule has 0 unspecified atom stereocenters. The van der Waals surface area contributed by atoms with Crippen molar-refractivity contribution in [2.24, 2.45) is 0 Å². The number of ether oxygens (including phenoxy) is 2. The van der Waals surface area contributed by atoms with Crippen LogP contribution in [0, 0.1) is 20.8 Å². The zero-order valence-electron chi connectivity index (χ0n) is 38.3. The highest BCUT2D eigenvalue weighted by atomic mass is 16.5. The highest BCUT2D eigenvalue weighted by Crippen LogP contribution is 2.39. The van der Waals surface area contributed by atoms with Crippen LogP contribution in [0.25, 0.3) is 90.9 Å². The number of ketones is 2. The first-order valence-corrected chi connectivity index (χ1v) is 22.8. The lowest BCUT2D eigenvalue weighted by Gasteiger charge is -2.09. The summed E-state index contributed by atoms with van der Waals surface area (Å²) in [6.07, 6.45) is 11.7. The Kier molecular flexibility index (Phi) is 12.0. The van der Waals surface area contributed by atoms with Crippen molar-refractivity contribution in [3.63, 3.8) is 0 Å². The molecule has 2 N–H and O–H groups in total. The number of hydrogen-bond donors (Lipinski definition) is 2. The highest BCUT2D eigenvalue weighted by molar-refractivity contribution is 6.18. The number of carbonyl (C=O) groups is 4. The number of H-pyrrole nitrogens is 2. The van der Waals surface area contributed by atoms with E-state index in [1.165, 1.54) is 5.56 Å². The molecule has 10 rings (SSSR count). The van der Waals surface area contributed by atoms with Gasteiger partial charge in [-0.1, -0.05) is 102 Å². The Balaban J connectivity index is 1.07. The van der Waals surface area contributed by atoms with Crippen LogP contribution in [-0.4, -0.2) is 56.7 Å². The number of fused-ring (bicyclic) bond motifs is 8. The number of esters is 2. The largest absolute Gasteiger partial charge is 0.465 e. The van der Waals surface area contributed by atoms with Crippen LogP contribution in [-0.2, 0) is 23.9 Å². The van der Waals surface area contributed by atoms with E-state index in [0.29, 0.717) is 5.56 Å². The number of aryl methyl sites for hydroxylation is 3. The molecule has 10 nitrogen and oxygen atoms in total. The summed E-state index contributed by atoms with van der Waals surface area (Å²) in [5, 5.41) is 0. The van der Waals surface area contributed by atoms with Gasteiger partial charge in [-0.05, 0) is 122 Å². The van der Waals surface area contributed by atoms with Gasteiger partial charge in [0.25, 0.3) is 0 Å². The Hall–Kier alpha value is -8.76. The average Bonchev–Trinajstić information content (AvgIpc) is 4.21. The smallest absolute Gasteiger partial charge is 0.338 e. The molecule has 0 amide bonds. The molecule has 0 saturated carbocycles. The number of rotatable bonds is 11. The summed E-state index contributed by atoms with van der Waals surface area (Å²) in [7, 11) is 0. The van der Waals surface area contributed by atoms with Crippen LogP contribution >= 0.6 is 0 Å². The number of carbonyl (C=O) groups excluding carboxylic acids is 4. The summed E-state index contributed by atoms with van der Waals surface area (Å²) in [4.78, 5) is 67.6. The van der Waals surface area contributed by atoms with Crippen molar-refractivity contribution >= 4 is 69.9 Å². The van der Waals surface area contributed by atoms with E-state index in [9.17, 15) is 19.2 Å². The van der Waals surface area contributed by atoms with Crippen molar-refractivity contribution in [2.75, 3.05) is 13.2 Å². The van der Waals surface area contributed by atoms with E-state index >= 15 is 0 Å². The zero-order chi connectivity index (χ0) is 47.6. The van der Waals surface area contributed by atoms with Gasteiger partial charge in [0.05, 0.1) is 48.0 Å². The molecule has 1 aliphatic carbocycles. The third kappa shape index (κ3) is 9.33. The molecule has 5 heterocycles. The Morgan fingerprint density at radius 3 is 1.25 bits per heavy atom. The molecule has 3 aliphatic rings.